The molecule has 1 aliphatic rings. The average molecular weight is 350 g/mol. The van der Waals surface area contributed by atoms with Gasteiger partial charge in [-0.3, -0.25) is 4.79 Å². The Kier molecular flexibility index (Phi) is 7.48. The van der Waals surface area contributed by atoms with Crippen molar-refractivity contribution < 1.29 is 29.3 Å². The predicted octanol–water partition coefficient (Wildman–Crippen LogP) is 3.76. The molecule has 0 atom stereocenters. The number of cyclic esters (lactones) is 1. The summed E-state index contributed by atoms with van der Waals surface area (Å²) in [5, 5.41) is 19.1. The second kappa shape index (κ2) is 9.11. The van der Waals surface area contributed by atoms with E-state index in [2.05, 4.69) is 0 Å². The molecule has 0 fully saturated rings. The smallest absolute Gasteiger partial charge is 0.342 e. The molecule has 1 aliphatic heterocycles. The molecule has 25 heavy (non-hydrogen) atoms. The first-order chi connectivity index (χ1) is 11.9. The van der Waals surface area contributed by atoms with Gasteiger partial charge in [0.2, 0.25) is 0 Å². The number of hydrogen-bond acceptors (Lipinski definition) is 5. The molecule has 138 valence electrons. The molecule has 0 amide bonds. The zero-order valence-corrected chi connectivity index (χ0v) is 15.4. The van der Waals surface area contributed by atoms with E-state index in [1.54, 1.807) is 0 Å². The molecule has 0 spiro atoms. The Hall–Kier alpha value is -2.50. The molecule has 0 aromatic heterocycles. The Morgan fingerprint density at radius 2 is 1.96 bits per heavy atom. The van der Waals surface area contributed by atoms with Crippen molar-refractivity contribution in [2.45, 2.75) is 53.6 Å². The van der Waals surface area contributed by atoms with Crippen molar-refractivity contribution in [3.8, 4) is 11.5 Å². The van der Waals surface area contributed by atoms with E-state index < -0.39 is 11.9 Å². The summed E-state index contributed by atoms with van der Waals surface area (Å²) in [6, 6.07) is 0. The first-order valence-electron chi connectivity index (χ1n) is 8.32. The van der Waals surface area contributed by atoms with Gasteiger partial charge in [0.25, 0.3) is 0 Å². The Bertz CT molecular complexity index is 688. The number of fused-ring (bicyclic) bond motifs is 1. The second-order valence-electron chi connectivity index (χ2n) is 5.56. The quantitative estimate of drug-likeness (QED) is 0.599. The van der Waals surface area contributed by atoms with Crippen LogP contribution in [0.3, 0.4) is 0 Å². The van der Waals surface area contributed by atoms with Gasteiger partial charge in [0.05, 0.1) is 7.11 Å². The normalized spacial score (nSPS) is 12.8. The van der Waals surface area contributed by atoms with Gasteiger partial charge < -0.3 is 19.7 Å². The van der Waals surface area contributed by atoms with Gasteiger partial charge in [0.1, 0.15) is 23.7 Å². The molecule has 1 aromatic rings. The third-order valence-electron chi connectivity index (χ3n) is 4.04. The van der Waals surface area contributed by atoms with Gasteiger partial charge in [-0.15, -0.1) is 0 Å². The lowest BCUT2D eigenvalue weighted by Gasteiger charge is -2.15. The largest absolute Gasteiger partial charge is 0.507 e. The van der Waals surface area contributed by atoms with E-state index in [0.29, 0.717) is 29.7 Å². The lowest BCUT2D eigenvalue weighted by atomic mass is 9.94. The highest BCUT2D eigenvalue weighted by Gasteiger charge is 2.31. The summed E-state index contributed by atoms with van der Waals surface area (Å²) in [6.45, 7) is 7.79. The highest BCUT2D eigenvalue weighted by atomic mass is 16.5. The number of phenols is 1. The molecule has 0 saturated carbocycles. The van der Waals surface area contributed by atoms with Crippen LogP contribution in [0.25, 0.3) is 0 Å². The fourth-order valence-corrected chi connectivity index (χ4v) is 2.71. The minimum Gasteiger partial charge on any atom is -0.507 e. The number of rotatable bonds is 6. The van der Waals surface area contributed by atoms with Crippen molar-refractivity contribution in [3.05, 3.63) is 33.9 Å². The van der Waals surface area contributed by atoms with Crippen LogP contribution in [0.15, 0.2) is 11.6 Å². The van der Waals surface area contributed by atoms with Crippen LogP contribution in [0.5, 0.6) is 11.5 Å². The lowest BCUT2D eigenvalue weighted by molar-refractivity contribution is -0.136. The number of phenolic OH excluding ortho intramolecular Hbond substituents is 1. The molecule has 1 aromatic carbocycles. The number of allylic oxidation sites excluding steroid dienone is 2. The minimum absolute atomic E-state index is 0.0565. The highest BCUT2D eigenvalue weighted by molar-refractivity contribution is 5.98. The average Bonchev–Trinajstić information content (AvgIpc) is 2.98. The van der Waals surface area contributed by atoms with Gasteiger partial charge in [-0.05, 0) is 32.3 Å². The summed E-state index contributed by atoms with van der Waals surface area (Å²) in [7, 11) is 1.51. The van der Waals surface area contributed by atoms with Crippen LogP contribution in [0, 0.1) is 6.92 Å². The fourth-order valence-electron chi connectivity index (χ4n) is 2.71. The molecule has 1 heterocycles. The van der Waals surface area contributed by atoms with Crippen molar-refractivity contribution in [1.29, 1.82) is 0 Å². The lowest BCUT2D eigenvalue weighted by Crippen LogP contribution is -2.03. The maximum atomic E-state index is 11.8. The van der Waals surface area contributed by atoms with E-state index >= 15 is 0 Å². The van der Waals surface area contributed by atoms with Crippen molar-refractivity contribution in [1.82, 2.24) is 0 Å². The summed E-state index contributed by atoms with van der Waals surface area (Å²) < 4.78 is 10.4. The summed E-state index contributed by atoms with van der Waals surface area (Å²) in [5.74, 6) is -0.973. The Balaban J connectivity index is 0.00000151. The number of methoxy groups -OCH3 is 1. The SMILES string of the molecule is CC.COc1c(C)c2c(c(O)c1C/C=C(\C)CCC(=O)O)C(=O)OC2. The number of benzene rings is 1. The molecule has 0 unspecified atom stereocenters. The Morgan fingerprint density at radius 3 is 2.52 bits per heavy atom. The first kappa shape index (κ1) is 20.5. The topological polar surface area (TPSA) is 93.1 Å². The number of carbonyl (C=O) groups is 2. The molecule has 6 heteroatoms. The summed E-state index contributed by atoms with van der Waals surface area (Å²) >= 11 is 0. The van der Waals surface area contributed by atoms with Crippen LogP contribution >= 0.6 is 0 Å². The van der Waals surface area contributed by atoms with Crippen LogP contribution in [-0.4, -0.2) is 29.3 Å². The van der Waals surface area contributed by atoms with Gasteiger partial charge in [0, 0.05) is 17.5 Å². The van der Waals surface area contributed by atoms with E-state index in [1.807, 2.05) is 33.8 Å². The maximum absolute atomic E-state index is 11.8. The van der Waals surface area contributed by atoms with Crippen LogP contribution in [0.4, 0.5) is 0 Å². The molecule has 0 aliphatic carbocycles. The molecular formula is C19H26O6. The first-order valence-corrected chi connectivity index (χ1v) is 8.32. The standard InChI is InChI=1S/C17H20O6.C2H6/c1-9(5-7-13(18)19)4-6-11-15(20)14-12(8-23-17(14)21)10(2)16(11)22-3;1-2/h4,20H,5-8H2,1-3H3,(H,18,19);1-2H3/b9-4+;. The Morgan fingerprint density at radius 1 is 1.32 bits per heavy atom. The molecule has 6 nitrogen and oxygen atoms in total. The molecular weight excluding hydrogens is 324 g/mol. The molecule has 2 rings (SSSR count). The molecule has 0 bridgehead atoms. The van der Waals surface area contributed by atoms with E-state index in [4.69, 9.17) is 14.6 Å². The second-order valence-corrected chi connectivity index (χ2v) is 5.56. The summed E-state index contributed by atoms with van der Waals surface area (Å²) in [6.07, 6.45) is 2.68. The number of carboxylic acids is 1. The number of aromatic hydroxyl groups is 1. The highest BCUT2D eigenvalue weighted by Crippen LogP contribution is 2.41. The third kappa shape index (κ3) is 4.53. The van der Waals surface area contributed by atoms with Gasteiger partial charge in [-0.1, -0.05) is 25.5 Å². The molecule has 0 saturated heterocycles. The van der Waals surface area contributed by atoms with Crippen molar-refractivity contribution in [3.63, 3.8) is 0 Å². The van der Waals surface area contributed by atoms with E-state index in [1.165, 1.54) is 7.11 Å². The van der Waals surface area contributed by atoms with Crippen LogP contribution in [0.2, 0.25) is 0 Å². The van der Waals surface area contributed by atoms with Crippen molar-refractivity contribution in [2.24, 2.45) is 0 Å². The minimum atomic E-state index is -0.853. The van der Waals surface area contributed by atoms with Gasteiger partial charge in [0.15, 0.2) is 0 Å². The van der Waals surface area contributed by atoms with Crippen LogP contribution in [-0.2, 0) is 22.6 Å². The van der Waals surface area contributed by atoms with Gasteiger partial charge >= 0.3 is 11.9 Å². The number of hydrogen-bond donors (Lipinski definition) is 2. The summed E-state index contributed by atoms with van der Waals surface area (Å²) in [5.41, 5.74) is 3.04. The monoisotopic (exact) mass is 350 g/mol. The zero-order chi connectivity index (χ0) is 19.1. The van der Waals surface area contributed by atoms with E-state index in [-0.39, 0.29) is 24.3 Å². The number of carboxylic acid groups (broad SMARTS) is 1. The number of ether oxygens (including phenoxy) is 2. The van der Waals surface area contributed by atoms with Crippen molar-refractivity contribution in [2.75, 3.05) is 7.11 Å². The predicted molar refractivity (Wildman–Crippen MR) is 94.2 cm³/mol. The van der Waals surface area contributed by atoms with E-state index in [9.17, 15) is 14.7 Å². The number of aliphatic carboxylic acids is 1. The molecule has 0 radical (unpaired) electrons. The zero-order valence-electron chi connectivity index (χ0n) is 15.4. The van der Waals surface area contributed by atoms with Crippen molar-refractivity contribution >= 4 is 11.9 Å². The van der Waals surface area contributed by atoms with Crippen LogP contribution < -0.4 is 4.74 Å². The number of esters is 1. The van der Waals surface area contributed by atoms with Gasteiger partial charge in [-0.2, -0.15) is 0 Å². The molecule has 2 N–H and O–H groups in total. The fraction of sp³-hybridized carbons (Fsp3) is 0.474. The maximum Gasteiger partial charge on any atom is 0.342 e. The van der Waals surface area contributed by atoms with E-state index in [0.717, 1.165) is 11.1 Å². The summed E-state index contributed by atoms with van der Waals surface area (Å²) in [4.78, 5) is 22.4. The van der Waals surface area contributed by atoms with Crippen LogP contribution in [0.1, 0.15) is 60.7 Å². The third-order valence-corrected chi connectivity index (χ3v) is 4.04. The number of carbonyl (C=O) groups excluding carboxylic acids is 1. The van der Waals surface area contributed by atoms with Gasteiger partial charge in [-0.25, -0.2) is 4.79 Å². The Labute approximate surface area is 148 Å².